The zero-order valence-corrected chi connectivity index (χ0v) is 12.5. The van der Waals surface area contributed by atoms with Crippen molar-refractivity contribution in [2.75, 3.05) is 18.0 Å². The van der Waals surface area contributed by atoms with Crippen LogP contribution < -0.4 is 4.90 Å². The van der Waals surface area contributed by atoms with Crippen LogP contribution in [0.25, 0.3) is 10.2 Å². The molecule has 19 heavy (non-hydrogen) atoms. The molecule has 2 saturated heterocycles. The molecule has 2 aromatic rings. The van der Waals surface area contributed by atoms with Crippen molar-refractivity contribution >= 4 is 51.4 Å². The van der Waals surface area contributed by atoms with Crippen LogP contribution in [0, 0.1) is 0 Å². The lowest BCUT2D eigenvalue weighted by Crippen LogP contribution is -2.43. The van der Waals surface area contributed by atoms with E-state index < -0.39 is 0 Å². The van der Waals surface area contributed by atoms with Crippen LogP contribution >= 0.6 is 35.3 Å². The van der Waals surface area contributed by atoms with Crippen molar-refractivity contribution in [1.29, 1.82) is 0 Å². The fourth-order valence-corrected chi connectivity index (χ4v) is 3.84. The first-order chi connectivity index (χ1) is 8.79. The molecule has 0 N–H and O–H groups in total. The number of hydrogen-bond acceptors (Lipinski definition) is 5. The smallest absolute Gasteiger partial charge is 0.224 e. The highest BCUT2D eigenvalue weighted by atomic mass is 35.5. The molecule has 2 bridgehead atoms. The van der Waals surface area contributed by atoms with E-state index in [4.69, 9.17) is 16.3 Å². The van der Waals surface area contributed by atoms with E-state index in [0.29, 0.717) is 17.5 Å². The third-order valence-corrected chi connectivity index (χ3v) is 4.67. The molecule has 102 valence electrons. The highest BCUT2D eigenvalue weighted by Crippen LogP contribution is 2.34. The number of hydrogen-bond donors (Lipinski definition) is 0. The van der Waals surface area contributed by atoms with Gasteiger partial charge in [-0.1, -0.05) is 0 Å². The number of rotatable bonds is 1. The van der Waals surface area contributed by atoms with Crippen molar-refractivity contribution in [2.45, 2.75) is 25.0 Å². The highest BCUT2D eigenvalue weighted by Gasteiger charge is 2.35. The highest BCUT2D eigenvalue weighted by molar-refractivity contribution is 7.17. The van der Waals surface area contributed by atoms with Crippen molar-refractivity contribution in [3.8, 4) is 0 Å². The second-order valence-electron chi connectivity index (χ2n) is 4.81. The number of aromatic nitrogens is 2. The van der Waals surface area contributed by atoms with E-state index in [1.54, 1.807) is 11.3 Å². The Hall–Kier alpha value is -0.620. The van der Waals surface area contributed by atoms with Crippen molar-refractivity contribution in [3.05, 3.63) is 16.7 Å². The molecule has 2 fully saturated rings. The molecule has 0 spiro atoms. The second-order valence-corrected chi connectivity index (χ2v) is 6.07. The largest absolute Gasteiger partial charge is 0.371 e. The van der Waals surface area contributed by atoms with Crippen molar-refractivity contribution < 1.29 is 4.74 Å². The predicted octanol–water partition coefficient (Wildman–Crippen LogP) is 3.13. The molecular weight excluding hydrogens is 305 g/mol. The number of thiophene rings is 1. The van der Waals surface area contributed by atoms with Gasteiger partial charge < -0.3 is 9.64 Å². The molecule has 2 unspecified atom stereocenters. The Bertz CT molecular complexity index is 594. The Morgan fingerprint density at radius 3 is 2.74 bits per heavy atom. The summed E-state index contributed by atoms with van der Waals surface area (Å²) < 4.78 is 6.98. The Balaban J connectivity index is 0.00000110. The average Bonchev–Trinajstić information content (AvgIpc) is 2.94. The normalized spacial score (nSPS) is 25.6. The zero-order valence-electron chi connectivity index (χ0n) is 10.1. The number of morpholine rings is 1. The number of fused-ring (bicyclic) bond motifs is 3. The van der Waals surface area contributed by atoms with Crippen molar-refractivity contribution in [1.82, 2.24) is 9.97 Å². The number of halogens is 2. The first-order valence-corrected chi connectivity index (χ1v) is 7.36. The van der Waals surface area contributed by atoms with Crippen LogP contribution in [0.3, 0.4) is 0 Å². The van der Waals surface area contributed by atoms with Gasteiger partial charge in [0, 0.05) is 13.1 Å². The SMILES string of the molecule is Cl.Clc1nc(N2CC3CCC(C2)O3)c2sccc2n1. The minimum absolute atomic E-state index is 0. The molecule has 2 aliphatic heterocycles. The van der Waals surface area contributed by atoms with E-state index in [1.807, 2.05) is 11.4 Å². The van der Waals surface area contributed by atoms with Gasteiger partial charge in [-0.25, -0.2) is 4.98 Å². The maximum Gasteiger partial charge on any atom is 0.224 e. The number of nitrogens with zero attached hydrogens (tertiary/aromatic N) is 3. The lowest BCUT2D eigenvalue weighted by atomic mass is 10.2. The number of ether oxygens (including phenoxy) is 1. The quantitative estimate of drug-likeness (QED) is 0.757. The monoisotopic (exact) mass is 317 g/mol. The van der Waals surface area contributed by atoms with Crippen molar-refractivity contribution in [2.24, 2.45) is 0 Å². The molecule has 4 nitrogen and oxygen atoms in total. The summed E-state index contributed by atoms with van der Waals surface area (Å²) in [5.41, 5.74) is 0.939. The first kappa shape index (κ1) is 13.4. The fourth-order valence-electron chi connectivity index (χ4n) is 2.82. The van der Waals surface area contributed by atoms with Gasteiger partial charge in [-0.2, -0.15) is 4.98 Å². The van der Waals surface area contributed by atoms with Gasteiger partial charge in [-0.15, -0.1) is 23.7 Å². The van der Waals surface area contributed by atoms with E-state index in [2.05, 4.69) is 14.9 Å². The van der Waals surface area contributed by atoms with E-state index in [0.717, 1.165) is 42.0 Å². The molecule has 2 atom stereocenters. The van der Waals surface area contributed by atoms with E-state index >= 15 is 0 Å². The molecule has 0 aromatic carbocycles. The van der Waals surface area contributed by atoms with Crippen LogP contribution in [0.4, 0.5) is 5.82 Å². The standard InChI is InChI=1S/C12H12ClN3OS.ClH/c13-12-14-9-3-4-18-10(9)11(15-12)16-5-7-1-2-8(6-16)17-7;/h3-4,7-8H,1-2,5-6H2;1H. The first-order valence-electron chi connectivity index (χ1n) is 6.11. The van der Waals surface area contributed by atoms with Crippen molar-refractivity contribution in [3.63, 3.8) is 0 Å². The summed E-state index contributed by atoms with van der Waals surface area (Å²) in [6.07, 6.45) is 3.03. The summed E-state index contributed by atoms with van der Waals surface area (Å²) in [5.74, 6) is 0.972. The van der Waals surface area contributed by atoms with Gasteiger partial charge in [-0.05, 0) is 35.9 Å². The Labute approximate surface area is 126 Å². The maximum absolute atomic E-state index is 6.01. The van der Waals surface area contributed by atoms with Gasteiger partial charge in [0.1, 0.15) is 0 Å². The third-order valence-electron chi connectivity index (χ3n) is 3.60. The second kappa shape index (κ2) is 5.05. The molecule has 2 aliphatic rings. The molecule has 4 rings (SSSR count). The Morgan fingerprint density at radius 1 is 1.26 bits per heavy atom. The summed E-state index contributed by atoms with van der Waals surface area (Å²) in [4.78, 5) is 11.0. The molecule has 0 aliphatic carbocycles. The van der Waals surface area contributed by atoms with Gasteiger partial charge >= 0.3 is 0 Å². The lowest BCUT2D eigenvalue weighted by Gasteiger charge is -2.33. The van der Waals surface area contributed by atoms with Gasteiger partial charge in [0.05, 0.1) is 22.4 Å². The predicted molar refractivity (Wildman–Crippen MR) is 79.8 cm³/mol. The van der Waals surface area contributed by atoms with Crippen LogP contribution in [0.5, 0.6) is 0 Å². The average molecular weight is 318 g/mol. The molecule has 4 heterocycles. The molecule has 7 heteroatoms. The van der Waals surface area contributed by atoms with E-state index in [1.165, 1.54) is 0 Å². The topological polar surface area (TPSA) is 38.2 Å². The minimum atomic E-state index is 0. The minimum Gasteiger partial charge on any atom is -0.371 e. The Morgan fingerprint density at radius 2 is 2.00 bits per heavy atom. The summed E-state index contributed by atoms with van der Waals surface area (Å²) >= 11 is 7.69. The Kier molecular flexibility index (Phi) is 3.55. The van der Waals surface area contributed by atoms with Gasteiger partial charge in [-0.3, -0.25) is 0 Å². The zero-order chi connectivity index (χ0) is 12.1. The van der Waals surface area contributed by atoms with Crippen LogP contribution in [-0.2, 0) is 4.74 Å². The van der Waals surface area contributed by atoms with Gasteiger partial charge in [0.25, 0.3) is 0 Å². The number of anilines is 1. The third kappa shape index (κ3) is 2.29. The molecule has 0 radical (unpaired) electrons. The molecule has 0 saturated carbocycles. The van der Waals surface area contributed by atoms with Crippen LogP contribution in [0.15, 0.2) is 11.4 Å². The van der Waals surface area contributed by atoms with Gasteiger partial charge in [0.2, 0.25) is 5.28 Å². The fraction of sp³-hybridized carbons (Fsp3) is 0.500. The van der Waals surface area contributed by atoms with Gasteiger partial charge in [0.15, 0.2) is 5.82 Å². The molecule has 0 amide bonds. The maximum atomic E-state index is 6.01. The molecule has 2 aromatic heterocycles. The van der Waals surface area contributed by atoms with Crippen LogP contribution in [-0.4, -0.2) is 35.3 Å². The molecular formula is C12H13Cl2N3OS. The summed E-state index contributed by atoms with van der Waals surface area (Å²) in [6.45, 7) is 1.83. The summed E-state index contributed by atoms with van der Waals surface area (Å²) in [6, 6.07) is 1.99. The van der Waals surface area contributed by atoms with E-state index in [9.17, 15) is 0 Å². The summed E-state index contributed by atoms with van der Waals surface area (Å²) in [5, 5.41) is 2.36. The lowest BCUT2D eigenvalue weighted by molar-refractivity contribution is 0.0303. The van der Waals surface area contributed by atoms with Crippen LogP contribution in [0.2, 0.25) is 5.28 Å². The summed E-state index contributed by atoms with van der Waals surface area (Å²) in [7, 11) is 0. The van der Waals surface area contributed by atoms with Crippen LogP contribution in [0.1, 0.15) is 12.8 Å². The van der Waals surface area contributed by atoms with E-state index in [-0.39, 0.29) is 12.4 Å².